The number of nitrogens with one attached hydrogen (secondary N) is 1. The number of piperidine rings is 2. The summed E-state index contributed by atoms with van der Waals surface area (Å²) >= 11 is -1.37. The van der Waals surface area contributed by atoms with E-state index in [1.165, 1.54) is 38.3 Å². The maximum Gasteiger partial charge on any atom is 0.254 e. The molecule has 9 heteroatoms. The van der Waals surface area contributed by atoms with E-state index < -0.39 is 46.4 Å². The molecule has 0 radical (unpaired) electrons. The van der Waals surface area contributed by atoms with E-state index in [0.717, 1.165) is 6.07 Å². The molecule has 2 aromatic carbocycles. The SMILES string of the molecule is C[S+]([O-])N[C@H]1C2CC(C2)N(C(=O)C(C)(C)O)[C@H]1Cc1cccc(-c2cccc(F)c2F)c1F. The molecule has 2 heterocycles. The first-order valence-corrected chi connectivity index (χ1v) is 12.4. The Kier molecular flexibility index (Phi) is 6.52. The molecule has 2 aliphatic heterocycles. The second-order valence-electron chi connectivity index (χ2n) is 9.41. The van der Waals surface area contributed by atoms with Crippen LogP contribution in [0.4, 0.5) is 13.2 Å². The second-order valence-corrected chi connectivity index (χ2v) is 10.5. The molecule has 0 aromatic heterocycles. The molecule has 0 spiro atoms. The van der Waals surface area contributed by atoms with Crippen LogP contribution in [0.15, 0.2) is 36.4 Å². The van der Waals surface area contributed by atoms with E-state index in [0.29, 0.717) is 12.8 Å². The molecule has 3 fully saturated rings. The number of nitrogens with zero attached hydrogens (tertiary/aromatic N) is 1. The third-order valence-corrected chi connectivity index (χ3v) is 7.24. The van der Waals surface area contributed by atoms with E-state index in [1.807, 2.05) is 0 Å². The number of hydrogen-bond acceptors (Lipinski definition) is 4. The van der Waals surface area contributed by atoms with Crippen LogP contribution < -0.4 is 4.72 Å². The van der Waals surface area contributed by atoms with Gasteiger partial charge in [0.1, 0.15) is 17.7 Å². The summed E-state index contributed by atoms with van der Waals surface area (Å²) < 4.78 is 58.7. The van der Waals surface area contributed by atoms with Gasteiger partial charge in [0.25, 0.3) is 5.91 Å². The Balaban J connectivity index is 1.73. The van der Waals surface area contributed by atoms with Gasteiger partial charge in [-0.1, -0.05) is 30.3 Å². The zero-order valence-electron chi connectivity index (χ0n) is 18.6. The van der Waals surface area contributed by atoms with Gasteiger partial charge in [0.05, 0.1) is 12.1 Å². The van der Waals surface area contributed by atoms with Crippen molar-refractivity contribution < 1.29 is 27.6 Å². The van der Waals surface area contributed by atoms with Gasteiger partial charge in [0, 0.05) is 28.5 Å². The maximum atomic E-state index is 15.6. The first kappa shape index (κ1) is 24.1. The predicted molar refractivity (Wildman–Crippen MR) is 120 cm³/mol. The number of hydrogen-bond donors (Lipinski definition) is 2. The summed E-state index contributed by atoms with van der Waals surface area (Å²) in [6.07, 6.45) is 2.99. The zero-order valence-corrected chi connectivity index (χ0v) is 19.5. The summed E-state index contributed by atoms with van der Waals surface area (Å²) in [5, 5.41) is 10.4. The zero-order chi connectivity index (χ0) is 24.1. The van der Waals surface area contributed by atoms with Crippen LogP contribution in [0.3, 0.4) is 0 Å². The highest BCUT2D eigenvalue weighted by atomic mass is 32.2. The number of benzene rings is 2. The van der Waals surface area contributed by atoms with Crippen LogP contribution in [0.1, 0.15) is 32.3 Å². The molecule has 1 amide bonds. The molecular formula is C24H27F3N2O3S. The molecule has 2 aromatic rings. The van der Waals surface area contributed by atoms with Gasteiger partial charge >= 0.3 is 0 Å². The molecular weight excluding hydrogens is 453 g/mol. The van der Waals surface area contributed by atoms with Gasteiger partial charge in [-0.2, -0.15) is 0 Å². The first-order chi connectivity index (χ1) is 15.5. The van der Waals surface area contributed by atoms with Gasteiger partial charge in [-0.05, 0) is 50.7 Å². The quantitative estimate of drug-likeness (QED) is 0.622. The Bertz CT molecular complexity index is 1050. The van der Waals surface area contributed by atoms with E-state index in [1.54, 1.807) is 17.0 Å². The minimum atomic E-state index is -1.62. The monoisotopic (exact) mass is 480 g/mol. The van der Waals surface area contributed by atoms with Gasteiger partial charge in [-0.15, -0.1) is 4.72 Å². The van der Waals surface area contributed by atoms with Crippen LogP contribution in [0, 0.1) is 23.4 Å². The summed E-state index contributed by atoms with van der Waals surface area (Å²) in [5.74, 6) is -3.21. The van der Waals surface area contributed by atoms with Crippen LogP contribution in [0.5, 0.6) is 0 Å². The Labute approximate surface area is 194 Å². The molecule has 2 N–H and O–H groups in total. The number of fused-ring (bicyclic) bond motifs is 2. The van der Waals surface area contributed by atoms with Crippen molar-refractivity contribution in [2.24, 2.45) is 5.92 Å². The average Bonchev–Trinajstić information content (AvgIpc) is 2.70. The number of carbonyl (C=O) groups is 1. The Hall–Kier alpha value is -2.07. The smallest absolute Gasteiger partial charge is 0.254 e. The number of amides is 1. The summed E-state index contributed by atoms with van der Waals surface area (Å²) in [5.41, 5.74) is -1.66. The van der Waals surface area contributed by atoms with E-state index >= 15 is 4.39 Å². The molecule has 178 valence electrons. The van der Waals surface area contributed by atoms with Gasteiger partial charge in [0.2, 0.25) is 0 Å². The Morgan fingerprint density at radius 3 is 2.36 bits per heavy atom. The molecule has 3 atom stereocenters. The molecule has 1 unspecified atom stereocenters. The normalized spacial score (nSPS) is 25.5. The molecule has 1 saturated carbocycles. The summed E-state index contributed by atoms with van der Waals surface area (Å²) in [4.78, 5) is 14.7. The number of halogens is 3. The lowest BCUT2D eigenvalue weighted by molar-refractivity contribution is -0.166. The standard InChI is InChI=1S/C24H27F3N2O3S/c1-24(2,31)23(30)29-15-10-14(11-15)22(28-33(3)32)19(29)12-13-6-4-7-16(20(13)26)17-8-5-9-18(25)21(17)27/h4-9,14-15,19,22,28,31H,10-12H2,1-3H3/t14?,15?,19-,22-,33?/m0/s1. The van der Waals surface area contributed by atoms with E-state index in [9.17, 15) is 23.2 Å². The first-order valence-electron chi connectivity index (χ1n) is 10.9. The largest absolute Gasteiger partial charge is 0.598 e. The lowest BCUT2D eigenvalue weighted by Gasteiger charge is -2.58. The topological polar surface area (TPSA) is 75.6 Å². The van der Waals surface area contributed by atoms with Gasteiger partial charge in [-0.3, -0.25) is 4.79 Å². The summed E-state index contributed by atoms with van der Waals surface area (Å²) in [7, 11) is 0. The van der Waals surface area contributed by atoms with Crippen molar-refractivity contribution in [3.8, 4) is 11.1 Å². The second kappa shape index (κ2) is 8.94. The Morgan fingerprint density at radius 2 is 1.76 bits per heavy atom. The molecule has 5 nitrogen and oxygen atoms in total. The summed E-state index contributed by atoms with van der Waals surface area (Å²) in [6.45, 7) is 2.82. The van der Waals surface area contributed by atoms with Crippen molar-refractivity contribution in [2.75, 3.05) is 6.26 Å². The molecule has 33 heavy (non-hydrogen) atoms. The minimum Gasteiger partial charge on any atom is -0.598 e. The average molecular weight is 481 g/mol. The fraction of sp³-hybridized carbons (Fsp3) is 0.458. The van der Waals surface area contributed by atoms with Crippen molar-refractivity contribution in [3.63, 3.8) is 0 Å². The van der Waals surface area contributed by atoms with Crippen molar-refractivity contribution >= 4 is 17.3 Å². The van der Waals surface area contributed by atoms with Crippen LogP contribution in [0.25, 0.3) is 11.1 Å². The lowest BCUT2D eigenvalue weighted by atomic mass is 9.66. The highest BCUT2D eigenvalue weighted by Crippen LogP contribution is 2.45. The van der Waals surface area contributed by atoms with Crippen LogP contribution in [-0.2, 0) is 22.6 Å². The third-order valence-electron chi connectivity index (χ3n) is 6.63. The molecule has 2 bridgehead atoms. The highest BCUT2D eigenvalue weighted by molar-refractivity contribution is 7.88. The highest BCUT2D eigenvalue weighted by Gasteiger charge is 2.55. The van der Waals surface area contributed by atoms with Gasteiger partial charge < -0.3 is 14.6 Å². The minimum absolute atomic E-state index is 0.0697. The maximum absolute atomic E-state index is 15.6. The van der Waals surface area contributed by atoms with Crippen molar-refractivity contribution in [3.05, 3.63) is 59.4 Å². The van der Waals surface area contributed by atoms with Crippen LogP contribution >= 0.6 is 0 Å². The van der Waals surface area contributed by atoms with Crippen molar-refractivity contribution in [2.45, 2.75) is 56.8 Å². The summed E-state index contributed by atoms with van der Waals surface area (Å²) in [6, 6.07) is 7.07. The van der Waals surface area contributed by atoms with E-state index in [2.05, 4.69) is 4.72 Å². The predicted octanol–water partition coefficient (Wildman–Crippen LogP) is 3.33. The Morgan fingerprint density at radius 1 is 1.15 bits per heavy atom. The van der Waals surface area contributed by atoms with Crippen LogP contribution in [0.2, 0.25) is 0 Å². The van der Waals surface area contributed by atoms with Crippen LogP contribution in [-0.4, -0.2) is 50.4 Å². The third kappa shape index (κ3) is 4.51. The van der Waals surface area contributed by atoms with Gasteiger partial charge in [0.15, 0.2) is 11.6 Å². The molecule has 3 aliphatic rings. The fourth-order valence-corrected chi connectivity index (χ4v) is 5.75. The van der Waals surface area contributed by atoms with Crippen molar-refractivity contribution in [1.29, 1.82) is 0 Å². The van der Waals surface area contributed by atoms with E-state index in [4.69, 9.17) is 0 Å². The number of carbonyl (C=O) groups excluding carboxylic acids is 1. The molecule has 1 aliphatic carbocycles. The molecule has 5 rings (SSSR count). The number of rotatable bonds is 6. The lowest BCUT2D eigenvalue weighted by Crippen LogP contribution is -2.72. The molecule has 2 saturated heterocycles. The number of aliphatic hydroxyl groups is 1. The van der Waals surface area contributed by atoms with Crippen molar-refractivity contribution in [1.82, 2.24) is 9.62 Å². The fourth-order valence-electron chi connectivity index (χ4n) is 5.01. The van der Waals surface area contributed by atoms with Gasteiger partial charge in [-0.25, -0.2) is 13.2 Å². The van der Waals surface area contributed by atoms with E-state index in [-0.39, 0.29) is 41.1 Å².